The molecular formula is C13H7F5N2O. The van der Waals surface area contributed by atoms with Crippen LogP contribution in [0.25, 0.3) is 0 Å². The van der Waals surface area contributed by atoms with Gasteiger partial charge in [-0.1, -0.05) is 0 Å². The Hall–Kier alpha value is -2.64. The first-order chi connectivity index (χ1) is 9.81. The zero-order valence-corrected chi connectivity index (χ0v) is 10.2. The van der Waals surface area contributed by atoms with Crippen molar-refractivity contribution in [2.45, 2.75) is 0 Å². The molecule has 0 spiro atoms. The molecule has 0 saturated heterocycles. The summed E-state index contributed by atoms with van der Waals surface area (Å²) in [5, 5.41) is 1.65. The minimum absolute atomic E-state index is 0.00318. The Kier molecular flexibility index (Phi) is 3.79. The van der Waals surface area contributed by atoms with Gasteiger partial charge < -0.3 is 11.1 Å². The van der Waals surface area contributed by atoms with Crippen LogP contribution in [0.15, 0.2) is 24.3 Å². The molecule has 0 atom stereocenters. The lowest BCUT2D eigenvalue weighted by molar-refractivity contribution is 0.102. The maximum absolute atomic E-state index is 13.4. The van der Waals surface area contributed by atoms with E-state index in [0.29, 0.717) is 0 Å². The third-order valence-corrected chi connectivity index (χ3v) is 2.61. The number of nitrogens with one attached hydrogen (secondary N) is 1. The fourth-order valence-electron chi connectivity index (χ4n) is 1.54. The quantitative estimate of drug-likeness (QED) is 0.508. The zero-order valence-electron chi connectivity index (χ0n) is 10.2. The predicted molar refractivity (Wildman–Crippen MR) is 65.0 cm³/mol. The van der Waals surface area contributed by atoms with E-state index in [9.17, 15) is 26.7 Å². The van der Waals surface area contributed by atoms with Gasteiger partial charge in [0.05, 0.1) is 5.69 Å². The molecule has 110 valence electrons. The lowest BCUT2D eigenvalue weighted by Gasteiger charge is -2.09. The van der Waals surface area contributed by atoms with Crippen molar-refractivity contribution < 1.29 is 26.7 Å². The van der Waals surface area contributed by atoms with Gasteiger partial charge in [-0.15, -0.1) is 0 Å². The summed E-state index contributed by atoms with van der Waals surface area (Å²) in [6.07, 6.45) is 0. The van der Waals surface area contributed by atoms with Gasteiger partial charge in [-0.05, 0) is 18.2 Å². The highest BCUT2D eigenvalue weighted by Crippen LogP contribution is 2.25. The number of carbonyl (C=O) groups excluding carboxylic acids is 1. The van der Waals surface area contributed by atoms with Gasteiger partial charge in [0.25, 0.3) is 5.91 Å². The summed E-state index contributed by atoms with van der Waals surface area (Å²) in [5.74, 6) is -8.96. The number of amides is 1. The van der Waals surface area contributed by atoms with Crippen LogP contribution in [-0.2, 0) is 0 Å². The van der Waals surface area contributed by atoms with Gasteiger partial charge in [0, 0.05) is 11.6 Å². The van der Waals surface area contributed by atoms with E-state index in [4.69, 9.17) is 5.73 Å². The number of anilines is 2. The second kappa shape index (κ2) is 5.39. The van der Waals surface area contributed by atoms with Gasteiger partial charge in [0.2, 0.25) is 0 Å². The van der Waals surface area contributed by atoms with Crippen LogP contribution in [0.1, 0.15) is 10.4 Å². The molecule has 8 heteroatoms. The minimum Gasteiger partial charge on any atom is -0.396 e. The smallest absolute Gasteiger partial charge is 0.255 e. The SMILES string of the molecule is Nc1ccc(C(=O)Nc2c(F)c(F)cc(F)c2F)cc1F. The minimum atomic E-state index is -1.77. The number of rotatable bonds is 2. The highest BCUT2D eigenvalue weighted by Gasteiger charge is 2.21. The van der Waals surface area contributed by atoms with Gasteiger partial charge in [0.15, 0.2) is 23.3 Å². The standard InChI is InChI=1S/C13H7F5N2O/c14-6-3-5(1-2-9(6)19)13(21)20-12-10(17)7(15)4-8(16)11(12)18/h1-4H,19H2,(H,20,21). The van der Waals surface area contributed by atoms with Gasteiger partial charge in [-0.2, -0.15) is 0 Å². The van der Waals surface area contributed by atoms with Crippen LogP contribution in [-0.4, -0.2) is 5.91 Å². The lowest BCUT2D eigenvalue weighted by atomic mass is 10.1. The Balaban J connectivity index is 2.38. The second-order valence-corrected chi connectivity index (χ2v) is 4.03. The number of nitrogen functional groups attached to an aromatic ring is 1. The topological polar surface area (TPSA) is 55.1 Å². The average Bonchev–Trinajstić information content (AvgIpc) is 2.44. The highest BCUT2D eigenvalue weighted by molar-refractivity contribution is 6.04. The molecule has 3 nitrogen and oxygen atoms in total. The number of carbonyl (C=O) groups is 1. The van der Waals surface area contributed by atoms with E-state index >= 15 is 0 Å². The first-order valence-corrected chi connectivity index (χ1v) is 5.50. The first-order valence-electron chi connectivity index (χ1n) is 5.50. The largest absolute Gasteiger partial charge is 0.396 e. The molecule has 0 unspecified atom stereocenters. The average molecular weight is 302 g/mol. The Morgan fingerprint density at radius 3 is 2.00 bits per heavy atom. The highest BCUT2D eigenvalue weighted by atomic mass is 19.2. The molecule has 0 aliphatic rings. The molecule has 0 aliphatic heterocycles. The van der Waals surface area contributed by atoms with Gasteiger partial charge in [-0.25, -0.2) is 22.0 Å². The van der Waals surface area contributed by atoms with Crippen molar-refractivity contribution in [2.75, 3.05) is 11.1 Å². The van der Waals surface area contributed by atoms with Gasteiger partial charge >= 0.3 is 0 Å². The molecule has 2 aromatic carbocycles. The molecule has 0 bridgehead atoms. The van der Waals surface area contributed by atoms with E-state index in [2.05, 4.69) is 0 Å². The summed E-state index contributed by atoms with van der Waals surface area (Å²) in [5.41, 5.74) is 3.34. The van der Waals surface area contributed by atoms with E-state index in [1.165, 1.54) is 0 Å². The van der Waals surface area contributed by atoms with Crippen molar-refractivity contribution in [3.8, 4) is 0 Å². The first kappa shape index (κ1) is 14.8. The lowest BCUT2D eigenvalue weighted by Crippen LogP contribution is -2.16. The number of nitrogens with two attached hydrogens (primary N) is 1. The Morgan fingerprint density at radius 2 is 1.48 bits per heavy atom. The van der Waals surface area contributed by atoms with Crippen LogP contribution in [0.3, 0.4) is 0 Å². The summed E-state index contributed by atoms with van der Waals surface area (Å²) >= 11 is 0. The van der Waals surface area contributed by atoms with Gasteiger partial charge in [-0.3, -0.25) is 4.79 Å². The molecule has 2 aromatic rings. The Bertz CT molecular complexity index is 707. The van der Waals surface area contributed by atoms with Crippen molar-refractivity contribution in [3.05, 3.63) is 58.9 Å². The van der Waals surface area contributed by atoms with Crippen LogP contribution in [0.4, 0.5) is 33.3 Å². The summed E-state index contributed by atoms with van der Waals surface area (Å²) in [4.78, 5) is 11.7. The van der Waals surface area contributed by atoms with E-state index in [1.54, 1.807) is 5.32 Å². The maximum Gasteiger partial charge on any atom is 0.255 e. The van der Waals surface area contributed by atoms with E-state index in [1.807, 2.05) is 0 Å². The van der Waals surface area contributed by atoms with Crippen LogP contribution in [0, 0.1) is 29.1 Å². The fraction of sp³-hybridized carbons (Fsp3) is 0. The van der Waals surface area contributed by atoms with E-state index in [-0.39, 0.29) is 17.3 Å². The van der Waals surface area contributed by atoms with E-state index < -0.39 is 40.7 Å². The summed E-state index contributed by atoms with van der Waals surface area (Å²) in [7, 11) is 0. The van der Waals surface area contributed by atoms with Crippen LogP contribution in [0.5, 0.6) is 0 Å². The molecule has 0 radical (unpaired) electrons. The normalized spacial score (nSPS) is 10.5. The number of benzene rings is 2. The fourth-order valence-corrected chi connectivity index (χ4v) is 1.54. The number of hydrogen-bond acceptors (Lipinski definition) is 2. The molecule has 0 fully saturated rings. The molecule has 0 aliphatic carbocycles. The zero-order chi connectivity index (χ0) is 15.7. The molecule has 0 saturated carbocycles. The Labute approximate surface area is 115 Å². The van der Waals surface area contributed by atoms with Crippen LogP contribution < -0.4 is 11.1 Å². The van der Waals surface area contributed by atoms with Crippen molar-refractivity contribution in [1.29, 1.82) is 0 Å². The maximum atomic E-state index is 13.4. The summed E-state index contributed by atoms with van der Waals surface area (Å²) < 4.78 is 65.9. The van der Waals surface area contributed by atoms with Crippen molar-refractivity contribution >= 4 is 17.3 Å². The third-order valence-electron chi connectivity index (χ3n) is 2.61. The van der Waals surface area contributed by atoms with Crippen LogP contribution in [0.2, 0.25) is 0 Å². The number of hydrogen-bond donors (Lipinski definition) is 2. The van der Waals surface area contributed by atoms with E-state index in [0.717, 1.165) is 18.2 Å². The number of halogens is 5. The summed E-state index contributed by atoms with van der Waals surface area (Å²) in [6.45, 7) is 0. The molecule has 21 heavy (non-hydrogen) atoms. The van der Waals surface area contributed by atoms with Crippen molar-refractivity contribution in [1.82, 2.24) is 0 Å². The predicted octanol–water partition coefficient (Wildman–Crippen LogP) is 3.22. The van der Waals surface area contributed by atoms with Gasteiger partial charge in [0.1, 0.15) is 11.5 Å². The molecule has 2 rings (SSSR count). The molecule has 0 heterocycles. The third kappa shape index (κ3) is 2.78. The van der Waals surface area contributed by atoms with Crippen LogP contribution >= 0.6 is 0 Å². The molecule has 1 amide bonds. The van der Waals surface area contributed by atoms with Crippen molar-refractivity contribution in [2.24, 2.45) is 0 Å². The molecule has 0 aromatic heterocycles. The Morgan fingerprint density at radius 1 is 0.905 bits per heavy atom. The molecule has 3 N–H and O–H groups in total. The summed E-state index contributed by atoms with van der Waals surface area (Å²) in [6, 6.07) is 2.86. The second-order valence-electron chi connectivity index (χ2n) is 4.03. The van der Waals surface area contributed by atoms with Crippen molar-refractivity contribution in [3.63, 3.8) is 0 Å². The molecular weight excluding hydrogens is 295 g/mol. The monoisotopic (exact) mass is 302 g/mol.